The molecule has 0 amide bonds. The Morgan fingerprint density at radius 3 is 2.50 bits per heavy atom. The van der Waals surface area contributed by atoms with Gasteiger partial charge in [-0.25, -0.2) is 4.79 Å². The van der Waals surface area contributed by atoms with Crippen molar-refractivity contribution >= 4 is 11.9 Å². The molecule has 5 heteroatoms. The Kier molecular flexibility index (Phi) is 4.99. The van der Waals surface area contributed by atoms with E-state index in [1.54, 1.807) is 24.3 Å². The van der Waals surface area contributed by atoms with Crippen LogP contribution in [-0.4, -0.2) is 22.2 Å². The summed E-state index contributed by atoms with van der Waals surface area (Å²) in [6, 6.07) is 6.71. The van der Waals surface area contributed by atoms with Crippen LogP contribution in [0.1, 0.15) is 69.2 Å². The fourth-order valence-corrected chi connectivity index (χ4v) is 7.75. The van der Waals surface area contributed by atoms with Crippen LogP contribution in [0.2, 0.25) is 0 Å². The number of rotatable bonds is 3. The second-order valence-electron chi connectivity index (χ2n) is 10.8. The van der Waals surface area contributed by atoms with Gasteiger partial charge in [0.2, 0.25) is 0 Å². The van der Waals surface area contributed by atoms with Crippen molar-refractivity contribution in [1.82, 2.24) is 0 Å². The molecular weight excluding hydrogens is 404 g/mol. The second kappa shape index (κ2) is 7.50. The summed E-state index contributed by atoms with van der Waals surface area (Å²) in [7, 11) is 0. The van der Waals surface area contributed by atoms with E-state index < -0.39 is 6.16 Å². The van der Waals surface area contributed by atoms with Crippen molar-refractivity contribution < 1.29 is 24.5 Å². The summed E-state index contributed by atoms with van der Waals surface area (Å²) in [4.78, 5) is 24.4. The van der Waals surface area contributed by atoms with Gasteiger partial charge >= 0.3 is 6.16 Å². The van der Waals surface area contributed by atoms with Gasteiger partial charge in [-0.3, -0.25) is 4.79 Å². The van der Waals surface area contributed by atoms with E-state index in [1.807, 2.05) is 6.08 Å². The molecule has 0 saturated heterocycles. The first-order valence-electron chi connectivity index (χ1n) is 11.9. The predicted octanol–water partition coefficient (Wildman–Crippen LogP) is 6.34. The van der Waals surface area contributed by atoms with E-state index in [4.69, 9.17) is 9.84 Å². The lowest BCUT2D eigenvalue weighted by Gasteiger charge is -2.56. The number of allylic oxidation sites excluding steroid dienone is 4. The molecule has 170 valence electrons. The number of carboxylic acid groups (broad SMARTS) is 1. The molecule has 0 spiro atoms. The van der Waals surface area contributed by atoms with Crippen molar-refractivity contribution in [1.29, 1.82) is 0 Å². The van der Waals surface area contributed by atoms with Gasteiger partial charge in [-0.2, -0.15) is 0 Å². The molecule has 1 unspecified atom stereocenters. The topological polar surface area (TPSA) is 83.8 Å². The maximum absolute atomic E-state index is 13.4. The minimum Gasteiger partial charge on any atom is -0.508 e. The summed E-state index contributed by atoms with van der Waals surface area (Å²) in [5.41, 5.74) is 2.01. The molecule has 5 nitrogen and oxygen atoms in total. The molecule has 0 bridgehead atoms. The van der Waals surface area contributed by atoms with Crippen molar-refractivity contribution in [3.63, 3.8) is 0 Å². The Morgan fingerprint density at radius 1 is 1.03 bits per heavy atom. The molecule has 2 N–H and O–H groups in total. The Labute approximate surface area is 189 Å². The monoisotopic (exact) mass is 436 g/mol. The number of aromatic hydroxyl groups is 1. The Bertz CT molecular complexity index is 1010. The number of ketones is 1. The first-order valence-corrected chi connectivity index (χ1v) is 11.9. The predicted molar refractivity (Wildman–Crippen MR) is 120 cm³/mol. The number of carbonyl (C=O) groups excluding carboxylic acids is 1. The summed E-state index contributed by atoms with van der Waals surface area (Å²) in [5, 5.41) is 18.6. The van der Waals surface area contributed by atoms with Crippen molar-refractivity contribution in [3.05, 3.63) is 53.3 Å². The van der Waals surface area contributed by atoms with Crippen LogP contribution >= 0.6 is 0 Å². The molecule has 4 aliphatic carbocycles. The average molecular weight is 437 g/mol. The van der Waals surface area contributed by atoms with E-state index in [0.717, 1.165) is 38.5 Å². The number of benzene rings is 1. The van der Waals surface area contributed by atoms with Crippen molar-refractivity contribution in [2.75, 3.05) is 0 Å². The summed E-state index contributed by atoms with van der Waals surface area (Å²) in [6.45, 7) is 4.69. The van der Waals surface area contributed by atoms with Crippen LogP contribution < -0.4 is 0 Å². The third-order valence-electron chi connectivity index (χ3n) is 9.42. The van der Waals surface area contributed by atoms with Gasteiger partial charge in [-0.05, 0) is 103 Å². The first-order chi connectivity index (χ1) is 15.2. The van der Waals surface area contributed by atoms with Gasteiger partial charge in [0.15, 0.2) is 5.78 Å². The quantitative estimate of drug-likeness (QED) is 0.426. The van der Waals surface area contributed by atoms with Gasteiger partial charge in [-0.1, -0.05) is 19.9 Å². The maximum Gasteiger partial charge on any atom is 0.511 e. The highest BCUT2D eigenvalue weighted by Gasteiger charge is 2.59. The standard InChI is InChI=1S/C27H32O5/c1-26-13-11-19(32-25(30)31)15-17(26)5-8-20-21-9-10-23(27(21,2)14-12-22(20)26)24(29)16-3-6-18(28)7-4-16/h3-7,15,20-23,28H,8-14H2,1-2H3,(H,30,31)/t20-,21-,22-,23?,26-,27-/m0/s1. The highest BCUT2D eigenvalue weighted by atomic mass is 16.7. The number of hydrogen-bond donors (Lipinski definition) is 2. The number of carbonyl (C=O) groups is 2. The summed E-state index contributed by atoms with van der Waals surface area (Å²) in [5.74, 6) is 2.67. The van der Waals surface area contributed by atoms with Gasteiger partial charge in [0.1, 0.15) is 11.5 Å². The van der Waals surface area contributed by atoms with E-state index in [1.165, 1.54) is 5.57 Å². The molecule has 1 aromatic rings. The van der Waals surface area contributed by atoms with Crippen LogP contribution in [0.3, 0.4) is 0 Å². The van der Waals surface area contributed by atoms with Gasteiger partial charge in [-0.15, -0.1) is 0 Å². The SMILES string of the molecule is C[C@]12CCC(OC(=O)O)=CC1=CC[C@@H]1[C@@H]2CC[C@]2(C)C(C(=O)c3ccc(O)cc3)CC[C@@H]12. The Morgan fingerprint density at radius 2 is 1.78 bits per heavy atom. The number of Topliss-reactive ketones (excluding diaryl/α,β-unsaturated/α-hetero) is 1. The number of ether oxygens (including phenoxy) is 1. The van der Waals surface area contributed by atoms with Crippen LogP contribution in [0.5, 0.6) is 5.75 Å². The molecule has 4 aliphatic rings. The van der Waals surface area contributed by atoms with E-state index in [9.17, 15) is 14.7 Å². The average Bonchev–Trinajstić information content (AvgIpc) is 3.11. The van der Waals surface area contributed by atoms with Crippen molar-refractivity contribution in [2.24, 2.45) is 34.5 Å². The summed E-state index contributed by atoms with van der Waals surface area (Å²) >= 11 is 0. The van der Waals surface area contributed by atoms with Crippen LogP contribution in [0, 0.1) is 34.5 Å². The molecule has 0 aromatic heterocycles. The van der Waals surface area contributed by atoms with Crippen LogP contribution in [-0.2, 0) is 4.74 Å². The number of phenolic OH excluding ortho intramolecular Hbond substituents is 1. The minimum absolute atomic E-state index is 0.0138. The van der Waals surface area contributed by atoms with E-state index in [2.05, 4.69) is 19.9 Å². The zero-order valence-corrected chi connectivity index (χ0v) is 18.8. The third kappa shape index (κ3) is 3.20. The number of phenols is 1. The molecule has 1 aromatic carbocycles. The third-order valence-corrected chi connectivity index (χ3v) is 9.42. The van der Waals surface area contributed by atoms with E-state index in [-0.39, 0.29) is 28.3 Å². The fourth-order valence-electron chi connectivity index (χ4n) is 7.75. The Hall–Kier alpha value is -2.56. The normalized spacial score (nSPS) is 37.9. The maximum atomic E-state index is 13.4. The van der Waals surface area contributed by atoms with Gasteiger partial charge in [0, 0.05) is 17.9 Å². The molecular formula is C27H32O5. The zero-order valence-electron chi connectivity index (χ0n) is 18.8. The molecule has 0 aliphatic heterocycles. The van der Waals surface area contributed by atoms with Crippen LogP contribution in [0.4, 0.5) is 4.79 Å². The lowest BCUT2D eigenvalue weighted by molar-refractivity contribution is -0.0330. The minimum atomic E-state index is -1.24. The smallest absolute Gasteiger partial charge is 0.508 e. The van der Waals surface area contributed by atoms with Crippen LogP contribution in [0.15, 0.2) is 47.7 Å². The lowest BCUT2D eigenvalue weighted by Crippen LogP contribution is -2.50. The molecule has 0 radical (unpaired) electrons. The highest BCUT2D eigenvalue weighted by molar-refractivity contribution is 5.98. The van der Waals surface area contributed by atoms with E-state index >= 15 is 0 Å². The number of fused-ring (bicyclic) bond motifs is 5. The molecule has 32 heavy (non-hydrogen) atoms. The largest absolute Gasteiger partial charge is 0.511 e. The number of hydrogen-bond acceptors (Lipinski definition) is 4. The van der Waals surface area contributed by atoms with E-state index in [0.29, 0.717) is 35.5 Å². The summed E-state index contributed by atoms with van der Waals surface area (Å²) in [6.07, 6.45) is 9.80. The molecule has 5 rings (SSSR count). The Balaban J connectivity index is 1.41. The summed E-state index contributed by atoms with van der Waals surface area (Å²) < 4.78 is 4.98. The zero-order chi connectivity index (χ0) is 22.7. The van der Waals surface area contributed by atoms with Gasteiger partial charge in [0.25, 0.3) is 0 Å². The van der Waals surface area contributed by atoms with Crippen molar-refractivity contribution in [2.45, 2.75) is 58.8 Å². The second-order valence-corrected chi connectivity index (χ2v) is 10.8. The van der Waals surface area contributed by atoms with Gasteiger partial charge in [0.05, 0.1) is 0 Å². The van der Waals surface area contributed by atoms with Crippen LogP contribution in [0.25, 0.3) is 0 Å². The fraction of sp³-hybridized carbons (Fsp3) is 0.556. The van der Waals surface area contributed by atoms with Gasteiger partial charge < -0.3 is 14.9 Å². The first kappa shape index (κ1) is 21.3. The highest BCUT2D eigenvalue weighted by Crippen LogP contribution is 2.66. The molecule has 2 fully saturated rings. The molecule has 2 saturated carbocycles. The lowest BCUT2D eigenvalue weighted by atomic mass is 9.48. The molecule has 0 heterocycles. The molecule has 6 atom stereocenters. The van der Waals surface area contributed by atoms with Crippen molar-refractivity contribution in [3.8, 4) is 5.75 Å².